The Labute approximate surface area is 121 Å². The number of carboxylic acids is 1. The summed E-state index contributed by atoms with van der Waals surface area (Å²) in [6, 6.07) is 5.12. The summed E-state index contributed by atoms with van der Waals surface area (Å²) >= 11 is 0. The van der Waals surface area contributed by atoms with Crippen molar-refractivity contribution >= 4 is 17.1 Å². The summed E-state index contributed by atoms with van der Waals surface area (Å²) in [4.78, 5) is 22.3. The minimum absolute atomic E-state index is 0.0145. The highest BCUT2D eigenvalue weighted by molar-refractivity contribution is 5.73. The van der Waals surface area contributed by atoms with Crippen LogP contribution in [0.15, 0.2) is 27.4 Å². The maximum atomic E-state index is 11.6. The molecule has 114 valence electrons. The van der Waals surface area contributed by atoms with E-state index in [1.807, 2.05) is 6.92 Å². The molecule has 2 aromatic rings. The van der Waals surface area contributed by atoms with E-state index in [1.165, 1.54) is 4.57 Å². The second kappa shape index (κ2) is 6.13. The van der Waals surface area contributed by atoms with Gasteiger partial charge in [-0.15, -0.1) is 0 Å². The third-order valence-electron chi connectivity index (χ3n) is 3.54. The fraction of sp³-hybridized carbons (Fsp3) is 0.467. The van der Waals surface area contributed by atoms with E-state index < -0.39 is 17.8 Å². The number of aliphatic hydroxyl groups excluding tert-OH is 1. The second-order valence-electron chi connectivity index (χ2n) is 5.29. The van der Waals surface area contributed by atoms with Gasteiger partial charge in [-0.2, -0.15) is 0 Å². The van der Waals surface area contributed by atoms with Gasteiger partial charge in [-0.05, 0) is 37.0 Å². The molecule has 0 spiro atoms. The maximum absolute atomic E-state index is 11.6. The lowest BCUT2D eigenvalue weighted by molar-refractivity contribution is -0.138. The van der Waals surface area contributed by atoms with Crippen molar-refractivity contribution < 1.29 is 19.4 Å². The van der Waals surface area contributed by atoms with Crippen LogP contribution in [0.3, 0.4) is 0 Å². The van der Waals surface area contributed by atoms with Crippen molar-refractivity contribution in [1.29, 1.82) is 0 Å². The van der Waals surface area contributed by atoms with Gasteiger partial charge in [-0.3, -0.25) is 9.36 Å². The molecule has 6 nitrogen and oxygen atoms in total. The van der Waals surface area contributed by atoms with E-state index in [2.05, 4.69) is 0 Å². The van der Waals surface area contributed by atoms with E-state index in [0.717, 1.165) is 0 Å². The number of rotatable bonds is 6. The van der Waals surface area contributed by atoms with E-state index >= 15 is 0 Å². The Hall–Kier alpha value is -2.08. The third kappa shape index (κ3) is 3.33. The Kier molecular flexibility index (Phi) is 4.47. The van der Waals surface area contributed by atoms with Gasteiger partial charge in [-0.25, -0.2) is 4.79 Å². The Balaban J connectivity index is 2.22. The van der Waals surface area contributed by atoms with Crippen molar-refractivity contribution in [3.63, 3.8) is 0 Å². The number of aliphatic hydroxyl groups is 1. The molecule has 2 atom stereocenters. The number of aryl methyl sites for hydroxylation is 1. The van der Waals surface area contributed by atoms with Crippen molar-refractivity contribution in [3.05, 3.63) is 34.3 Å². The minimum Gasteiger partial charge on any atom is -0.481 e. The van der Waals surface area contributed by atoms with Crippen LogP contribution in [0.25, 0.3) is 11.1 Å². The first-order valence-corrected chi connectivity index (χ1v) is 6.95. The summed E-state index contributed by atoms with van der Waals surface area (Å²) < 4.78 is 6.66. The number of oxazole rings is 1. The van der Waals surface area contributed by atoms with E-state index in [-0.39, 0.29) is 12.3 Å². The number of benzene rings is 1. The van der Waals surface area contributed by atoms with Gasteiger partial charge in [0.2, 0.25) is 0 Å². The molecule has 0 fully saturated rings. The van der Waals surface area contributed by atoms with Crippen molar-refractivity contribution in [3.8, 4) is 0 Å². The van der Waals surface area contributed by atoms with Crippen molar-refractivity contribution in [2.24, 2.45) is 5.92 Å². The Bertz CT molecular complexity index is 700. The maximum Gasteiger partial charge on any atom is 0.419 e. The van der Waals surface area contributed by atoms with Crippen LogP contribution in [0.4, 0.5) is 0 Å². The fourth-order valence-corrected chi connectivity index (χ4v) is 2.49. The first kappa shape index (κ1) is 15.3. The zero-order valence-corrected chi connectivity index (χ0v) is 12.1. The van der Waals surface area contributed by atoms with Gasteiger partial charge in [0.1, 0.15) is 0 Å². The number of hydrogen-bond donors (Lipinski definition) is 2. The Morgan fingerprint density at radius 2 is 2.14 bits per heavy atom. The van der Waals surface area contributed by atoms with Crippen molar-refractivity contribution in [2.45, 2.75) is 39.3 Å². The van der Waals surface area contributed by atoms with Gasteiger partial charge in [0.05, 0.1) is 11.6 Å². The molecule has 0 saturated heterocycles. The van der Waals surface area contributed by atoms with Crippen LogP contribution in [-0.4, -0.2) is 20.7 Å². The number of carboxylic acid groups (broad SMARTS) is 1. The number of aromatic nitrogens is 1. The van der Waals surface area contributed by atoms with Crippen molar-refractivity contribution in [1.82, 2.24) is 4.57 Å². The largest absolute Gasteiger partial charge is 0.481 e. The zero-order valence-electron chi connectivity index (χ0n) is 12.1. The van der Waals surface area contributed by atoms with Gasteiger partial charge in [0.25, 0.3) is 0 Å². The topological polar surface area (TPSA) is 92.7 Å². The molecule has 0 aliphatic heterocycles. The fourth-order valence-electron chi connectivity index (χ4n) is 2.49. The van der Waals surface area contributed by atoms with Gasteiger partial charge in [0, 0.05) is 13.0 Å². The summed E-state index contributed by atoms with van der Waals surface area (Å²) in [6.07, 6.45) is -0.420. The van der Waals surface area contributed by atoms with E-state index in [9.17, 15) is 14.7 Å². The second-order valence-corrected chi connectivity index (χ2v) is 5.29. The van der Waals surface area contributed by atoms with Crippen LogP contribution < -0.4 is 5.76 Å². The molecule has 21 heavy (non-hydrogen) atoms. The summed E-state index contributed by atoms with van der Waals surface area (Å²) in [7, 11) is 0. The summed E-state index contributed by atoms with van der Waals surface area (Å²) in [5.74, 6) is -1.44. The first-order chi connectivity index (χ1) is 9.92. The van der Waals surface area contributed by atoms with E-state index in [0.29, 0.717) is 29.6 Å². The average molecular weight is 293 g/mol. The van der Waals surface area contributed by atoms with Crippen LogP contribution in [0, 0.1) is 5.92 Å². The van der Waals surface area contributed by atoms with Gasteiger partial charge in [0.15, 0.2) is 5.58 Å². The highest BCUT2D eigenvalue weighted by Gasteiger charge is 2.17. The summed E-state index contributed by atoms with van der Waals surface area (Å²) in [6.45, 7) is 4.15. The quantitative estimate of drug-likeness (QED) is 0.851. The molecular weight excluding hydrogens is 274 g/mol. The smallest absolute Gasteiger partial charge is 0.419 e. The van der Waals surface area contributed by atoms with Crippen LogP contribution in [0.1, 0.15) is 38.4 Å². The van der Waals surface area contributed by atoms with E-state index in [4.69, 9.17) is 9.52 Å². The molecule has 1 aromatic carbocycles. The van der Waals surface area contributed by atoms with Crippen LogP contribution in [-0.2, 0) is 11.3 Å². The number of carbonyl (C=O) groups is 1. The third-order valence-corrected chi connectivity index (χ3v) is 3.54. The summed E-state index contributed by atoms with van der Waals surface area (Å²) in [5.41, 5.74) is 1.75. The Morgan fingerprint density at radius 3 is 2.76 bits per heavy atom. The molecular formula is C15H19NO5. The van der Waals surface area contributed by atoms with Gasteiger partial charge >= 0.3 is 11.7 Å². The highest BCUT2D eigenvalue weighted by atomic mass is 16.4. The molecule has 1 heterocycles. The SMILES string of the molecule is CCn1c(=O)oc2cc(C(O)CC(C)CC(=O)O)ccc21. The molecule has 1 aromatic heterocycles. The molecule has 0 radical (unpaired) electrons. The molecule has 0 aliphatic rings. The molecule has 0 amide bonds. The molecule has 0 aliphatic carbocycles. The normalized spacial score (nSPS) is 14.2. The monoisotopic (exact) mass is 293 g/mol. The molecule has 2 rings (SSSR count). The first-order valence-electron chi connectivity index (χ1n) is 6.95. The molecule has 0 saturated carbocycles. The lowest BCUT2D eigenvalue weighted by Crippen LogP contribution is -2.12. The van der Waals surface area contributed by atoms with Crippen LogP contribution in [0.5, 0.6) is 0 Å². The van der Waals surface area contributed by atoms with Crippen molar-refractivity contribution in [2.75, 3.05) is 0 Å². The number of nitrogens with zero attached hydrogens (tertiary/aromatic N) is 1. The number of hydrogen-bond acceptors (Lipinski definition) is 4. The van der Waals surface area contributed by atoms with Crippen LogP contribution in [0.2, 0.25) is 0 Å². The zero-order chi connectivity index (χ0) is 15.6. The van der Waals surface area contributed by atoms with Crippen LogP contribution >= 0.6 is 0 Å². The van der Waals surface area contributed by atoms with E-state index in [1.54, 1.807) is 25.1 Å². The minimum atomic E-state index is -0.879. The lowest BCUT2D eigenvalue weighted by Gasteiger charge is -2.15. The summed E-state index contributed by atoms with van der Waals surface area (Å²) in [5, 5.41) is 18.9. The Morgan fingerprint density at radius 1 is 1.43 bits per heavy atom. The predicted molar refractivity (Wildman–Crippen MR) is 77.1 cm³/mol. The highest BCUT2D eigenvalue weighted by Crippen LogP contribution is 2.25. The number of fused-ring (bicyclic) bond motifs is 1. The standard InChI is InChI=1S/C15H19NO5/c1-3-16-11-5-4-10(8-13(11)21-15(16)20)12(17)6-9(2)7-14(18)19/h4-5,8-9,12,17H,3,6-7H2,1-2H3,(H,18,19). The predicted octanol–water partition coefficient (Wildman–Crippen LogP) is 2.15. The van der Waals surface area contributed by atoms with Gasteiger partial charge < -0.3 is 14.6 Å². The molecule has 2 unspecified atom stereocenters. The van der Waals surface area contributed by atoms with Gasteiger partial charge in [-0.1, -0.05) is 13.0 Å². The lowest BCUT2D eigenvalue weighted by atomic mass is 9.96. The average Bonchev–Trinajstić information content (AvgIpc) is 2.71. The number of aliphatic carboxylic acids is 1. The molecule has 2 N–H and O–H groups in total. The molecule has 6 heteroatoms. The molecule has 0 bridgehead atoms.